The molecule has 3 heterocycles. The average molecular weight is 376 g/mol. The van der Waals surface area contributed by atoms with Crippen molar-refractivity contribution in [1.29, 1.82) is 0 Å². The molecule has 0 aliphatic rings. The first-order valence-electron chi connectivity index (χ1n) is 9.41. The molecule has 0 aliphatic carbocycles. The summed E-state index contributed by atoms with van der Waals surface area (Å²) in [6.45, 7) is 4.94. The molecule has 2 N–H and O–H groups in total. The lowest BCUT2D eigenvalue weighted by atomic mass is 10.1. The van der Waals surface area contributed by atoms with Crippen molar-refractivity contribution in [2.45, 2.75) is 26.3 Å². The molecule has 144 valence electrons. The maximum Gasteiger partial charge on any atom is 0.180 e. The highest BCUT2D eigenvalue weighted by Crippen LogP contribution is 2.26. The van der Waals surface area contributed by atoms with E-state index in [9.17, 15) is 5.11 Å². The molecule has 4 aromatic rings. The predicted octanol–water partition coefficient (Wildman–Crippen LogP) is 3.77. The van der Waals surface area contributed by atoms with Gasteiger partial charge in [-0.15, -0.1) is 0 Å². The van der Waals surface area contributed by atoms with E-state index in [1.165, 1.54) is 0 Å². The lowest BCUT2D eigenvalue weighted by Gasteiger charge is -2.12. The number of benzene rings is 1. The maximum atomic E-state index is 9.42. The van der Waals surface area contributed by atoms with Gasteiger partial charge in [0.15, 0.2) is 17.3 Å². The lowest BCUT2D eigenvalue weighted by Crippen LogP contribution is -2.09. The second-order valence-electron chi connectivity index (χ2n) is 7.16. The van der Waals surface area contributed by atoms with E-state index in [1.807, 2.05) is 48.4 Å². The number of fused-ring (bicyclic) bond motifs is 1. The van der Waals surface area contributed by atoms with Crippen LogP contribution in [0.4, 0.5) is 5.82 Å². The van der Waals surface area contributed by atoms with Crippen LogP contribution in [0.15, 0.2) is 48.9 Å². The van der Waals surface area contributed by atoms with Gasteiger partial charge in [-0.05, 0) is 50.1 Å². The molecule has 0 saturated heterocycles. The zero-order valence-electron chi connectivity index (χ0n) is 16.3. The van der Waals surface area contributed by atoms with Crippen LogP contribution in [0.3, 0.4) is 0 Å². The molecule has 0 atom stereocenters. The summed E-state index contributed by atoms with van der Waals surface area (Å²) < 4.78 is 4.08. The first-order chi connectivity index (χ1) is 13.5. The van der Waals surface area contributed by atoms with Gasteiger partial charge >= 0.3 is 0 Å². The van der Waals surface area contributed by atoms with Crippen molar-refractivity contribution in [3.05, 3.63) is 54.5 Å². The molecule has 4 rings (SSSR count). The van der Waals surface area contributed by atoms with E-state index in [0.29, 0.717) is 12.4 Å². The van der Waals surface area contributed by atoms with E-state index >= 15 is 0 Å². The maximum absolute atomic E-state index is 9.42. The van der Waals surface area contributed by atoms with Crippen LogP contribution in [0.5, 0.6) is 5.75 Å². The highest BCUT2D eigenvalue weighted by Gasteiger charge is 2.16. The minimum Gasteiger partial charge on any atom is -0.508 e. The quantitative estimate of drug-likeness (QED) is 0.535. The number of rotatable bonds is 6. The number of anilines is 1. The predicted molar refractivity (Wildman–Crippen MR) is 110 cm³/mol. The number of imidazole rings is 1. The Kier molecular flexibility index (Phi) is 4.73. The molecule has 1 aromatic carbocycles. The van der Waals surface area contributed by atoms with E-state index in [2.05, 4.69) is 28.7 Å². The summed E-state index contributed by atoms with van der Waals surface area (Å²) in [6, 6.07) is 11.5. The van der Waals surface area contributed by atoms with E-state index in [1.54, 1.807) is 12.1 Å². The standard InChI is InChI=1S/C21H24N6O/c1-14(2)27-13-23-18-20(22-11-10-15-6-8-16(28)9-7-15)24-19(25-21(18)27)17-5-4-12-26(17)3/h4-9,12-14,28H,10-11H2,1-3H3,(H,22,24,25). The highest BCUT2D eigenvalue weighted by atomic mass is 16.3. The van der Waals surface area contributed by atoms with Crippen LogP contribution in [-0.4, -0.2) is 35.7 Å². The fraction of sp³-hybridized carbons (Fsp3) is 0.286. The molecule has 0 saturated carbocycles. The van der Waals surface area contributed by atoms with Gasteiger partial charge in [0.05, 0.1) is 12.0 Å². The van der Waals surface area contributed by atoms with Crippen LogP contribution in [0.25, 0.3) is 22.7 Å². The third kappa shape index (κ3) is 3.43. The van der Waals surface area contributed by atoms with E-state index in [0.717, 1.165) is 34.7 Å². The molecule has 0 spiro atoms. The van der Waals surface area contributed by atoms with Gasteiger partial charge < -0.3 is 19.6 Å². The molecule has 0 bridgehead atoms. The van der Waals surface area contributed by atoms with Gasteiger partial charge in [-0.2, -0.15) is 0 Å². The molecular formula is C21H24N6O. The molecule has 7 heteroatoms. The van der Waals surface area contributed by atoms with Gasteiger partial charge in [0.2, 0.25) is 0 Å². The summed E-state index contributed by atoms with van der Waals surface area (Å²) >= 11 is 0. The molecule has 0 unspecified atom stereocenters. The number of hydrogen-bond acceptors (Lipinski definition) is 5. The summed E-state index contributed by atoms with van der Waals surface area (Å²) in [6.07, 6.45) is 4.63. The first kappa shape index (κ1) is 18.0. The molecule has 3 aromatic heterocycles. The number of phenolic OH excluding ortho intramolecular Hbond substituents is 1. The highest BCUT2D eigenvalue weighted by molar-refractivity contribution is 5.85. The van der Waals surface area contributed by atoms with Crippen molar-refractivity contribution in [3.8, 4) is 17.3 Å². The summed E-state index contributed by atoms with van der Waals surface area (Å²) in [7, 11) is 1.99. The van der Waals surface area contributed by atoms with Crippen LogP contribution < -0.4 is 5.32 Å². The molecule has 0 radical (unpaired) electrons. The van der Waals surface area contributed by atoms with Gasteiger partial charge in [-0.1, -0.05) is 12.1 Å². The van der Waals surface area contributed by atoms with E-state index in [-0.39, 0.29) is 11.8 Å². The number of nitrogens with one attached hydrogen (secondary N) is 1. The minimum atomic E-state index is 0.256. The summed E-state index contributed by atoms with van der Waals surface area (Å²) in [5, 5.41) is 12.8. The number of aromatic hydroxyl groups is 1. The zero-order valence-corrected chi connectivity index (χ0v) is 16.3. The molecular weight excluding hydrogens is 352 g/mol. The minimum absolute atomic E-state index is 0.256. The Morgan fingerprint density at radius 2 is 1.89 bits per heavy atom. The Morgan fingerprint density at radius 3 is 2.57 bits per heavy atom. The number of hydrogen-bond donors (Lipinski definition) is 2. The second-order valence-corrected chi connectivity index (χ2v) is 7.16. The van der Waals surface area contributed by atoms with Crippen molar-refractivity contribution in [2.24, 2.45) is 7.05 Å². The van der Waals surface area contributed by atoms with E-state index in [4.69, 9.17) is 9.97 Å². The van der Waals surface area contributed by atoms with Gasteiger partial charge in [0, 0.05) is 25.8 Å². The first-order valence-corrected chi connectivity index (χ1v) is 9.41. The van der Waals surface area contributed by atoms with Crippen LogP contribution in [-0.2, 0) is 13.5 Å². The monoisotopic (exact) mass is 376 g/mol. The van der Waals surface area contributed by atoms with Crippen LogP contribution in [0.2, 0.25) is 0 Å². The zero-order chi connectivity index (χ0) is 19.7. The Morgan fingerprint density at radius 1 is 1.11 bits per heavy atom. The topological polar surface area (TPSA) is 80.8 Å². The number of phenols is 1. The fourth-order valence-corrected chi connectivity index (χ4v) is 3.21. The summed E-state index contributed by atoms with van der Waals surface area (Å²) in [5.74, 6) is 1.69. The largest absolute Gasteiger partial charge is 0.508 e. The van der Waals surface area contributed by atoms with Crippen molar-refractivity contribution >= 4 is 17.0 Å². The third-order valence-corrected chi connectivity index (χ3v) is 4.79. The number of aromatic nitrogens is 5. The Labute approximate surface area is 163 Å². The smallest absolute Gasteiger partial charge is 0.180 e. The third-order valence-electron chi connectivity index (χ3n) is 4.79. The Bertz CT molecular complexity index is 1090. The van der Waals surface area contributed by atoms with Gasteiger partial charge in [0.1, 0.15) is 11.3 Å². The summed E-state index contributed by atoms with van der Waals surface area (Å²) in [4.78, 5) is 14.1. The van der Waals surface area contributed by atoms with Crippen molar-refractivity contribution in [3.63, 3.8) is 0 Å². The Hall–Kier alpha value is -3.35. The van der Waals surface area contributed by atoms with Gasteiger partial charge in [-0.25, -0.2) is 15.0 Å². The lowest BCUT2D eigenvalue weighted by molar-refractivity contribution is 0.475. The molecule has 0 amide bonds. The van der Waals surface area contributed by atoms with Crippen molar-refractivity contribution in [2.75, 3.05) is 11.9 Å². The van der Waals surface area contributed by atoms with Crippen molar-refractivity contribution in [1.82, 2.24) is 24.1 Å². The van der Waals surface area contributed by atoms with Crippen LogP contribution in [0, 0.1) is 0 Å². The van der Waals surface area contributed by atoms with Gasteiger partial charge in [0.25, 0.3) is 0 Å². The second kappa shape index (κ2) is 7.34. The fourth-order valence-electron chi connectivity index (χ4n) is 3.21. The number of nitrogens with zero attached hydrogens (tertiary/aromatic N) is 5. The molecule has 7 nitrogen and oxygen atoms in total. The molecule has 28 heavy (non-hydrogen) atoms. The van der Waals surface area contributed by atoms with Gasteiger partial charge in [-0.3, -0.25) is 0 Å². The Balaban J connectivity index is 1.67. The number of aryl methyl sites for hydroxylation is 1. The molecule has 0 aliphatic heterocycles. The summed E-state index contributed by atoms with van der Waals surface area (Å²) in [5.41, 5.74) is 3.71. The van der Waals surface area contributed by atoms with Crippen LogP contribution >= 0.6 is 0 Å². The molecule has 0 fully saturated rings. The average Bonchev–Trinajstić information content (AvgIpc) is 3.29. The normalized spacial score (nSPS) is 11.4. The van der Waals surface area contributed by atoms with E-state index < -0.39 is 0 Å². The van der Waals surface area contributed by atoms with Crippen LogP contribution in [0.1, 0.15) is 25.5 Å². The SMILES string of the molecule is CC(C)n1cnc2c(NCCc3ccc(O)cc3)nc(-c3cccn3C)nc21. The van der Waals surface area contributed by atoms with Crippen molar-refractivity contribution < 1.29 is 5.11 Å².